The summed E-state index contributed by atoms with van der Waals surface area (Å²) in [5.74, 6) is 1.17. The average molecular weight is 242 g/mol. The molecule has 3 heteroatoms. The number of hydrogen-bond donors (Lipinski definition) is 0. The first-order valence-corrected chi connectivity index (χ1v) is 6.90. The van der Waals surface area contributed by atoms with E-state index in [1.54, 1.807) is 17.8 Å². The second kappa shape index (κ2) is 8.31. The van der Waals surface area contributed by atoms with Crippen molar-refractivity contribution in [2.24, 2.45) is 5.92 Å². The van der Waals surface area contributed by atoms with Crippen molar-refractivity contribution < 1.29 is 0 Å². The fourth-order valence-corrected chi connectivity index (χ4v) is 3.31. The molecule has 1 saturated carbocycles. The molecule has 0 heterocycles. The zero-order valence-corrected chi connectivity index (χ0v) is 12.5. The predicted octanol–water partition coefficient (Wildman–Crippen LogP) is 2.46. The number of halogens is 2. The van der Waals surface area contributed by atoms with Crippen LogP contribution in [0.25, 0.3) is 0 Å². The van der Waals surface area contributed by atoms with Gasteiger partial charge in [-0.2, -0.15) is 0 Å². The van der Waals surface area contributed by atoms with Crippen molar-refractivity contribution in [2.75, 3.05) is 0 Å². The molecular formula is C7H17Cl2Ga. The molecule has 0 N–H and O–H groups in total. The summed E-state index contributed by atoms with van der Waals surface area (Å²) in [5, 5.41) is 0. The van der Waals surface area contributed by atoms with Crippen molar-refractivity contribution >= 4 is 43.4 Å². The van der Waals surface area contributed by atoms with E-state index in [0.717, 1.165) is 18.6 Å². The van der Waals surface area contributed by atoms with Crippen LogP contribution in [0.3, 0.4) is 0 Å². The Labute approximate surface area is 86.3 Å². The van der Waals surface area contributed by atoms with E-state index in [2.05, 4.69) is 0 Å². The van der Waals surface area contributed by atoms with Crippen LogP contribution in [0.15, 0.2) is 0 Å². The van der Waals surface area contributed by atoms with E-state index in [0.29, 0.717) is 0 Å². The van der Waals surface area contributed by atoms with Gasteiger partial charge in [-0.15, -0.1) is 24.8 Å². The summed E-state index contributed by atoms with van der Waals surface area (Å²) in [6.07, 6.45) is 7.69. The molecule has 0 aromatic carbocycles. The summed E-state index contributed by atoms with van der Waals surface area (Å²) >= 11 is 1.12. The average Bonchev–Trinajstić information content (AvgIpc) is 1.90. The summed E-state index contributed by atoms with van der Waals surface area (Å²) in [4.78, 5) is 1.60. The second-order valence-corrected chi connectivity index (χ2v) is 4.63. The van der Waals surface area contributed by atoms with E-state index in [-0.39, 0.29) is 24.8 Å². The van der Waals surface area contributed by atoms with E-state index in [4.69, 9.17) is 0 Å². The molecule has 0 atom stereocenters. The molecule has 0 saturated heterocycles. The van der Waals surface area contributed by atoms with Crippen LogP contribution in [0.4, 0.5) is 0 Å². The van der Waals surface area contributed by atoms with E-state index < -0.39 is 0 Å². The van der Waals surface area contributed by atoms with Gasteiger partial charge in [0.1, 0.15) is 0 Å². The van der Waals surface area contributed by atoms with Gasteiger partial charge in [-0.25, -0.2) is 0 Å². The maximum atomic E-state index is 1.60. The van der Waals surface area contributed by atoms with Gasteiger partial charge < -0.3 is 0 Å². The Morgan fingerprint density at radius 1 is 1.00 bits per heavy atom. The minimum atomic E-state index is 0. The molecule has 0 spiro atoms. The number of hydrogen-bond acceptors (Lipinski definition) is 0. The van der Waals surface area contributed by atoms with Crippen molar-refractivity contribution in [1.29, 1.82) is 0 Å². The van der Waals surface area contributed by atoms with Crippen LogP contribution >= 0.6 is 24.8 Å². The van der Waals surface area contributed by atoms with Crippen molar-refractivity contribution in [1.82, 2.24) is 0 Å². The molecule has 10 heavy (non-hydrogen) atoms. The number of rotatable bonds is 1. The van der Waals surface area contributed by atoms with E-state index >= 15 is 0 Å². The zero-order chi connectivity index (χ0) is 5.82. The molecule has 0 aliphatic heterocycles. The molecule has 0 aromatic heterocycles. The summed E-state index contributed by atoms with van der Waals surface area (Å²) in [7, 11) is 0. The molecule has 0 radical (unpaired) electrons. The zero-order valence-electron chi connectivity index (χ0n) is 6.64. The van der Waals surface area contributed by atoms with Crippen LogP contribution in [0.1, 0.15) is 32.1 Å². The van der Waals surface area contributed by atoms with E-state index in [9.17, 15) is 0 Å². The van der Waals surface area contributed by atoms with Gasteiger partial charge in [0, 0.05) is 0 Å². The molecule has 0 aromatic rings. The Kier molecular flexibility index (Phi) is 11.5. The van der Waals surface area contributed by atoms with Crippen LogP contribution in [0.5, 0.6) is 0 Å². The monoisotopic (exact) mass is 240 g/mol. The first-order valence-electron chi connectivity index (χ1n) is 3.93. The van der Waals surface area contributed by atoms with Crippen LogP contribution < -0.4 is 0 Å². The van der Waals surface area contributed by atoms with Gasteiger partial charge >= 0.3 is 61.6 Å². The second-order valence-electron chi connectivity index (χ2n) is 2.91. The van der Waals surface area contributed by atoms with Crippen LogP contribution in [0.2, 0.25) is 4.98 Å². The fourth-order valence-electron chi connectivity index (χ4n) is 1.60. The molecule has 1 aliphatic rings. The fraction of sp³-hybridized carbons (Fsp3) is 1.00. The minimum absolute atomic E-state index is 0. The molecule has 0 amide bonds. The Bertz CT molecular complexity index is 62.6. The Morgan fingerprint density at radius 2 is 1.50 bits per heavy atom. The molecule has 1 fully saturated rings. The Hall–Kier alpha value is 1.22. The normalized spacial score (nSPS) is 18.8. The van der Waals surface area contributed by atoms with Gasteiger partial charge in [0.15, 0.2) is 0 Å². The summed E-state index contributed by atoms with van der Waals surface area (Å²) in [6, 6.07) is 0. The third-order valence-corrected chi connectivity index (χ3v) is 4.72. The third kappa shape index (κ3) is 4.95. The van der Waals surface area contributed by atoms with Gasteiger partial charge in [0.2, 0.25) is 0 Å². The first kappa shape index (κ1) is 13.8. The topological polar surface area (TPSA) is 0 Å². The third-order valence-electron chi connectivity index (χ3n) is 2.30. The first-order chi connectivity index (χ1) is 3.93. The quantitative estimate of drug-likeness (QED) is 0.619. The Morgan fingerprint density at radius 3 is 1.80 bits per heavy atom. The van der Waals surface area contributed by atoms with Crippen molar-refractivity contribution in [3.8, 4) is 0 Å². The van der Waals surface area contributed by atoms with Crippen LogP contribution in [-0.4, -0.2) is 18.6 Å². The maximum absolute atomic E-state index is 1.60. The molecule has 62 valence electrons. The standard InChI is InChI=1S/C7H13.2ClH.Ga.2H/c1-7-5-3-2-4-6-7;;;;;/h7H,1-6H2;2*1H;;;. The van der Waals surface area contributed by atoms with Gasteiger partial charge in [-0.1, -0.05) is 0 Å². The van der Waals surface area contributed by atoms with Gasteiger partial charge in [0.05, 0.1) is 0 Å². The summed E-state index contributed by atoms with van der Waals surface area (Å²) in [5.41, 5.74) is 0. The molecule has 0 bridgehead atoms. The Balaban J connectivity index is 0. The van der Waals surface area contributed by atoms with Gasteiger partial charge in [-0.3, -0.25) is 0 Å². The van der Waals surface area contributed by atoms with Crippen molar-refractivity contribution in [2.45, 2.75) is 37.1 Å². The predicted molar refractivity (Wildman–Crippen MR) is 54.4 cm³/mol. The molecule has 1 aliphatic carbocycles. The van der Waals surface area contributed by atoms with Gasteiger partial charge in [0.25, 0.3) is 0 Å². The van der Waals surface area contributed by atoms with E-state index in [1.165, 1.54) is 25.2 Å². The van der Waals surface area contributed by atoms with Crippen LogP contribution in [0, 0.1) is 5.92 Å². The molecular weight excluding hydrogens is 225 g/mol. The molecule has 1 rings (SSSR count). The molecule has 0 unspecified atom stereocenters. The summed E-state index contributed by atoms with van der Waals surface area (Å²) in [6.45, 7) is 0. The SMILES string of the molecule is Cl.Cl.[GaH2][CH2]C1CCCCC1. The van der Waals surface area contributed by atoms with Crippen LogP contribution in [-0.2, 0) is 0 Å². The van der Waals surface area contributed by atoms with Crippen molar-refractivity contribution in [3.05, 3.63) is 0 Å². The van der Waals surface area contributed by atoms with Gasteiger partial charge in [-0.05, 0) is 0 Å². The van der Waals surface area contributed by atoms with Crippen molar-refractivity contribution in [3.63, 3.8) is 0 Å². The summed E-state index contributed by atoms with van der Waals surface area (Å²) < 4.78 is 0. The molecule has 0 nitrogen and oxygen atoms in total. The van der Waals surface area contributed by atoms with E-state index in [1.807, 2.05) is 0 Å².